The summed E-state index contributed by atoms with van der Waals surface area (Å²) in [4.78, 5) is 38.2. The highest BCUT2D eigenvalue weighted by Gasteiger charge is 2.39. The van der Waals surface area contributed by atoms with E-state index in [0.717, 1.165) is 11.1 Å². The van der Waals surface area contributed by atoms with Crippen molar-refractivity contribution in [3.8, 4) is 11.1 Å². The molecule has 1 unspecified atom stereocenters. The molecule has 0 radical (unpaired) electrons. The molecule has 2 heterocycles. The number of nitrogens with zero attached hydrogens (tertiary/aromatic N) is 1. The van der Waals surface area contributed by atoms with Gasteiger partial charge in [-0.3, -0.25) is 19.7 Å². The Labute approximate surface area is 203 Å². The first-order valence-corrected chi connectivity index (χ1v) is 12.7. The summed E-state index contributed by atoms with van der Waals surface area (Å²) in [6.45, 7) is 0.281. The van der Waals surface area contributed by atoms with Gasteiger partial charge in [0.15, 0.2) is 0 Å². The molecule has 3 amide bonds. The van der Waals surface area contributed by atoms with Gasteiger partial charge in [0.25, 0.3) is 5.91 Å². The molecule has 0 aromatic heterocycles. The van der Waals surface area contributed by atoms with Crippen LogP contribution in [-0.4, -0.2) is 37.1 Å². The van der Waals surface area contributed by atoms with Gasteiger partial charge in [0.1, 0.15) is 6.04 Å². The number of rotatable bonds is 6. The predicted octanol–water partition coefficient (Wildman–Crippen LogP) is 2.59. The van der Waals surface area contributed by atoms with E-state index in [-0.39, 0.29) is 42.6 Å². The zero-order valence-corrected chi connectivity index (χ0v) is 19.5. The maximum atomic E-state index is 13.2. The van der Waals surface area contributed by atoms with Gasteiger partial charge < -0.3 is 4.90 Å². The number of amides is 3. The van der Waals surface area contributed by atoms with Gasteiger partial charge in [-0.1, -0.05) is 60.7 Å². The molecular weight excluding hydrogens is 466 g/mol. The third-order valence-corrected chi connectivity index (χ3v) is 7.78. The Bertz CT molecular complexity index is 1440. The van der Waals surface area contributed by atoms with Gasteiger partial charge in [-0.15, -0.1) is 0 Å². The van der Waals surface area contributed by atoms with Crippen molar-refractivity contribution >= 4 is 27.7 Å². The molecule has 5 rings (SSSR count). The lowest BCUT2D eigenvalue weighted by Crippen LogP contribution is -2.52. The Hall–Kier alpha value is -3.82. The fourth-order valence-corrected chi connectivity index (χ4v) is 5.80. The van der Waals surface area contributed by atoms with Gasteiger partial charge in [0, 0.05) is 30.6 Å². The normalized spacial score (nSPS) is 17.9. The van der Waals surface area contributed by atoms with Crippen LogP contribution in [0.1, 0.15) is 34.3 Å². The Morgan fingerprint density at radius 3 is 2.43 bits per heavy atom. The number of carbonyl (C=O) groups is 3. The Morgan fingerprint density at radius 1 is 0.914 bits per heavy atom. The van der Waals surface area contributed by atoms with E-state index < -0.39 is 22.0 Å². The standard InChI is InChI=1S/C26H23N3O5S/c30-24-13-12-22(25(31)28-24)29-16-19-14-17(10-11-21(19)26(29)32)15-27-35(33,34)23-9-5-4-8-20(23)18-6-2-1-3-7-18/h1-11,14,22,27H,12-13,15-16H2,(H,28,30,31). The highest BCUT2D eigenvalue weighted by atomic mass is 32.2. The Morgan fingerprint density at radius 2 is 1.66 bits per heavy atom. The summed E-state index contributed by atoms with van der Waals surface area (Å²) >= 11 is 0. The number of nitrogens with one attached hydrogen (secondary N) is 2. The molecule has 9 heteroatoms. The van der Waals surface area contributed by atoms with E-state index in [1.807, 2.05) is 30.3 Å². The average Bonchev–Trinajstić information content (AvgIpc) is 3.19. The highest BCUT2D eigenvalue weighted by Crippen LogP contribution is 2.29. The molecule has 1 atom stereocenters. The fourth-order valence-electron chi connectivity index (χ4n) is 4.55. The van der Waals surface area contributed by atoms with Gasteiger partial charge in [0.05, 0.1) is 4.90 Å². The summed E-state index contributed by atoms with van der Waals surface area (Å²) in [5.74, 6) is -1.07. The smallest absolute Gasteiger partial charge is 0.255 e. The van der Waals surface area contributed by atoms with Crippen molar-refractivity contribution in [2.45, 2.75) is 36.9 Å². The molecule has 178 valence electrons. The van der Waals surface area contributed by atoms with Crippen molar-refractivity contribution in [1.82, 2.24) is 14.9 Å². The van der Waals surface area contributed by atoms with Crippen LogP contribution in [-0.2, 0) is 32.7 Å². The highest BCUT2D eigenvalue weighted by molar-refractivity contribution is 7.89. The molecule has 35 heavy (non-hydrogen) atoms. The third-order valence-electron chi connectivity index (χ3n) is 6.32. The Balaban J connectivity index is 1.33. The van der Waals surface area contributed by atoms with Crippen LogP contribution < -0.4 is 10.0 Å². The molecule has 0 spiro atoms. The maximum absolute atomic E-state index is 13.2. The summed E-state index contributed by atoms with van der Waals surface area (Å²) in [5, 5.41) is 2.29. The molecule has 8 nitrogen and oxygen atoms in total. The largest absolute Gasteiger partial charge is 0.322 e. The minimum absolute atomic E-state index is 0.0470. The van der Waals surface area contributed by atoms with Crippen LogP contribution in [0.5, 0.6) is 0 Å². The monoisotopic (exact) mass is 489 g/mol. The lowest BCUT2D eigenvalue weighted by molar-refractivity contribution is -0.136. The Kier molecular flexibility index (Phi) is 5.96. The number of benzene rings is 3. The molecule has 1 saturated heterocycles. The van der Waals surface area contributed by atoms with E-state index in [4.69, 9.17) is 0 Å². The number of carbonyl (C=O) groups excluding carboxylic acids is 3. The van der Waals surface area contributed by atoms with Crippen LogP contribution >= 0.6 is 0 Å². The summed E-state index contributed by atoms with van der Waals surface area (Å²) in [7, 11) is -3.81. The van der Waals surface area contributed by atoms with E-state index in [9.17, 15) is 22.8 Å². The number of hydrogen-bond acceptors (Lipinski definition) is 5. The molecule has 2 N–H and O–H groups in total. The first kappa shape index (κ1) is 22.9. The zero-order valence-electron chi connectivity index (χ0n) is 18.7. The lowest BCUT2D eigenvalue weighted by Gasteiger charge is -2.29. The SMILES string of the molecule is O=C1CCC(N2Cc3cc(CNS(=O)(=O)c4ccccc4-c4ccccc4)ccc3C2=O)C(=O)N1. The molecule has 3 aromatic carbocycles. The third kappa shape index (κ3) is 4.48. The van der Waals surface area contributed by atoms with Crippen LogP contribution in [0.3, 0.4) is 0 Å². The van der Waals surface area contributed by atoms with Gasteiger partial charge >= 0.3 is 0 Å². The summed E-state index contributed by atoms with van der Waals surface area (Å²) in [5.41, 5.74) is 3.32. The molecule has 0 saturated carbocycles. The van der Waals surface area contributed by atoms with E-state index in [1.165, 1.54) is 4.90 Å². The summed E-state index contributed by atoms with van der Waals surface area (Å²) < 4.78 is 29.0. The van der Waals surface area contributed by atoms with E-state index in [2.05, 4.69) is 10.0 Å². The van der Waals surface area contributed by atoms with Crippen LogP contribution in [0.4, 0.5) is 0 Å². The van der Waals surface area contributed by atoms with Crippen LogP contribution in [0, 0.1) is 0 Å². The fraction of sp³-hybridized carbons (Fsp3) is 0.192. The second kappa shape index (κ2) is 9.09. The second-order valence-corrected chi connectivity index (χ2v) is 10.3. The average molecular weight is 490 g/mol. The van der Waals surface area contributed by atoms with Crippen LogP contribution in [0.15, 0.2) is 77.7 Å². The number of hydrogen-bond donors (Lipinski definition) is 2. The van der Waals surface area contributed by atoms with Crippen molar-refractivity contribution in [2.24, 2.45) is 0 Å². The first-order valence-electron chi connectivity index (χ1n) is 11.2. The van der Waals surface area contributed by atoms with Crippen molar-refractivity contribution in [2.75, 3.05) is 0 Å². The zero-order chi connectivity index (χ0) is 24.6. The van der Waals surface area contributed by atoms with Crippen molar-refractivity contribution in [1.29, 1.82) is 0 Å². The quantitative estimate of drug-likeness (QED) is 0.517. The summed E-state index contributed by atoms with van der Waals surface area (Å²) in [6, 6.07) is 20.6. The number of piperidine rings is 1. The number of imide groups is 1. The predicted molar refractivity (Wildman–Crippen MR) is 128 cm³/mol. The summed E-state index contributed by atoms with van der Waals surface area (Å²) in [6.07, 6.45) is 0.478. The first-order chi connectivity index (χ1) is 16.8. The van der Waals surface area contributed by atoms with Crippen molar-refractivity contribution < 1.29 is 22.8 Å². The molecule has 0 bridgehead atoms. The van der Waals surface area contributed by atoms with E-state index in [0.29, 0.717) is 16.7 Å². The van der Waals surface area contributed by atoms with Crippen LogP contribution in [0.2, 0.25) is 0 Å². The van der Waals surface area contributed by atoms with Crippen molar-refractivity contribution in [3.05, 3.63) is 89.5 Å². The van der Waals surface area contributed by atoms with Crippen molar-refractivity contribution in [3.63, 3.8) is 0 Å². The maximum Gasteiger partial charge on any atom is 0.255 e. The lowest BCUT2D eigenvalue weighted by atomic mass is 10.0. The number of sulfonamides is 1. The van der Waals surface area contributed by atoms with Gasteiger partial charge in [-0.05, 0) is 35.2 Å². The molecule has 1 fully saturated rings. The number of fused-ring (bicyclic) bond motifs is 1. The molecule has 0 aliphatic carbocycles. The van der Waals surface area contributed by atoms with Gasteiger partial charge in [0.2, 0.25) is 21.8 Å². The van der Waals surface area contributed by atoms with Gasteiger partial charge in [-0.2, -0.15) is 0 Å². The molecular formula is C26H23N3O5S. The minimum atomic E-state index is -3.81. The van der Waals surface area contributed by atoms with Crippen LogP contribution in [0.25, 0.3) is 11.1 Å². The van der Waals surface area contributed by atoms with Gasteiger partial charge in [-0.25, -0.2) is 13.1 Å². The second-order valence-electron chi connectivity index (χ2n) is 8.58. The molecule has 2 aliphatic rings. The molecule has 3 aromatic rings. The topological polar surface area (TPSA) is 113 Å². The molecule has 2 aliphatic heterocycles. The van der Waals surface area contributed by atoms with E-state index in [1.54, 1.807) is 42.5 Å². The van der Waals surface area contributed by atoms with E-state index >= 15 is 0 Å². The minimum Gasteiger partial charge on any atom is -0.322 e.